The summed E-state index contributed by atoms with van der Waals surface area (Å²) >= 11 is 0. The van der Waals surface area contributed by atoms with Gasteiger partial charge in [0.1, 0.15) is 0 Å². The van der Waals surface area contributed by atoms with Gasteiger partial charge in [-0.15, -0.1) is 6.58 Å². The Morgan fingerprint density at radius 1 is 1.67 bits per heavy atom. The number of rotatable bonds is 4. The Hall–Kier alpha value is -0.123. The molecule has 1 aliphatic heterocycles. The Kier molecular flexibility index (Phi) is 4.57. The summed E-state index contributed by atoms with van der Waals surface area (Å²) < 4.78 is 11.3. The Labute approximate surface area is 76.3 Å². The molecule has 0 aliphatic carbocycles. The number of ether oxygens (including phenoxy) is 1. The monoisotopic (exact) mass is 186 g/mol. The molecule has 1 fully saturated rings. The maximum atomic E-state index is 5.72. The molecular weight excluding hydrogens is 168 g/mol. The van der Waals surface area contributed by atoms with Gasteiger partial charge in [0.15, 0.2) is 0 Å². The van der Waals surface area contributed by atoms with Crippen molar-refractivity contribution in [3.05, 3.63) is 12.7 Å². The molecule has 0 saturated carbocycles. The summed E-state index contributed by atoms with van der Waals surface area (Å²) in [4.78, 5) is 0. The van der Waals surface area contributed by atoms with Gasteiger partial charge >= 0.3 is 0 Å². The van der Waals surface area contributed by atoms with Crippen molar-refractivity contribution >= 4 is 9.04 Å². The third kappa shape index (κ3) is 3.09. The van der Waals surface area contributed by atoms with Crippen molar-refractivity contribution in [2.24, 2.45) is 0 Å². The maximum absolute atomic E-state index is 5.72. The van der Waals surface area contributed by atoms with Crippen LogP contribution in [0.25, 0.3) is 0 Å². The van der Waals surface area contributed by atoms with Crippen molar-refractivity contribution in [2.45, 2.75) is 31.5 Å². The second-order valence-corrected chi connectivity index (χ2v) is 6.16. The highest BCUT2D eigenvalue weighted by Gasteiger charge is 2.23. The number of hydrogen-bond acceptors (Lipinski definition) is 2. The zero-order valence-electron chi connectivity index (χ0n) is 7.79. The van der Waals surface area contributed by atoms with Gasteiger partial charge in [-0.1, -0.05) is 12.5 Å². The Morgan fingerprint density at radius 3 is 3.08 bits per heavy atom. The summed E-state index contributed by atoms with van der Waals surface area (Å²) in [5.41, 5.74) is 0.350. The third-order valence-corrected chi connectivity index (χ3v) is 5.10. The summed E-state index contributed by atoms with van der Waals surface area (Å²) in [6.07, 6.45) is 4.37. The fraction of sp³-hybridized carbons (Fsp3) is 0.778. The fourth-order valence-corrected chi connectivity index (χ4v) is 3.86. The van der Waals surface area contributed by atoms with E-state index in [2.05, 4.69) is 13.5 Å². The Bertz CT molecular complexity index is 132. The molecule has 0 N–H and O–H groups in total. The van der Waals surface area contributed by atoms with E-state index in [0.717, 1.165) is 6.61 Å². The predicted molar refractivity (Wildman–Crippen MR) is 52.8 cm³/mol. The van der Waals surface area contributed by atoms with E-state index in [9.17, 15) is 0 Å². The first kappa shape index (κ1) is 9.96. The zero-order chi connectivity index (χ0) is 8.81. The second-order valence-electron chi connectivity index (χ2n) is 3.23. The highest BCUT2D eigenvalue weighted by Crippen LogP contribution is 2.15. The van der Waals surface area contributed by atoms with Crippen molar-refractivity contribution in [1.29, 1.82) is 0 Å². The molecule has 0 bridgehead atoms. The average Bonchev–Trinajstić information content (AvgIpc) is 2.15. The van der Waals surface area contributed by atoms with Crippen molar-refractivity contribution in [3.63, 3.8) is 0 Å². The minimum Gasteiger partial charge on any atom is -0.417 e. The highest BCUT2D eigenvalue weighted by molar-refractivity contribution is 6.53. The standard InChI is InChI=1S/C9H18O2Si/c1-3-6-10-9(2)12-8-5-4-7-11-12/h3,9,12H,1,4-8H2,2H3. The molecule has 0 spiro atoms. The van der Waals surface area contributed by atoms with E-state index in [1.807, 2.05) is 0 Å². The lowest BCUT2D eigenvalue weighted by Gasteiger charge is -2.26. The van der Waals surface area contributed by atoms with Crippen molar-refractivity contribution in [1.82, 2.24) is 0 Å². The molecule has 1 heterocycles. The third-order valence-electron chi connectivity index (χ3n) is 2.22. The van der Waals surface area contributed by atoms with Gasteiger partial charge in [-0.25, -0.2) is 0 Å². The molecule has 3 heteroatoms. The first-order valence-corrected chi connectivity index (χ1v) is 6.64. The summed E-state index contributed by atoms with van der Waals surface area (Å²) in [7, 11) is -1.02. The van der Waals surface area contributed by atoms with E-state index < -0.39 is 9.04 Å². The largest absolute Gasteiger partial charge is 0.417 e. The van der Waals surface area contributed by atoms with E-state index in [4.69, 9.17) is 9.16 Å². The minimum absolute atomic E-state index is 0.350. The first-order valence-electron chi connectivity index (χ1n) is 4.68. The van der Waals surface area contributed by atoms with Gasteiger partial charge in [-0.2, -0.15) is 0 Å². The summed E-state index contributed by atoms with van der Waals surface area (Å²) in [6, 6.07) is 1.28. The van der Waals surface area contributed by atoms with Gasteiger partial charge in [-0.3, -0.25) is 0 Å². The van der Waals surface area contributed by atoms with Crippen LogP contribution in [0, 0.1) is 0 Å². The molecule has 12 heavy (non-hydrogen) atoms. The second kappa shape index (κ2) is 5.51. The van der Waals surface area contributed by atoms with Crippen LogP contribution >= 0.6 is 0 Å². The quantitative estimate of drug-likeness (QED) is 0.491. The molecule has 0 aromatic carbocycles. The SMILES string of the molecule is C=CCOC(C)[SiH]1CCCCO1. The molecule has 2 nitrogen and oxygen atoms in total. The maximum Gasteiger partial charge on any atom is 0.204 e. The van der Waals surface area contributed by atoms with Crippen molar-refractivity contribution in [3.8, 4) is 0 Å². The molecule has 0 amide bonds. The fourth-order valence-electron chi connectivity index (χ4n) is 1.46. The zero-order valence-corrected chi connectivity index (χ0v) is 8.95. The van der Waals surface area contributed by atoms with Gasteiger partial charge in [0.2, 0.25) is 9.04 Å². The molecular formula is C9H18O2Si. The Balaban J connectivity index is 2.19. The smallest absolute Gasteiger partial charge is 0.204 e. The summed E-state index contributed by atoms with van der Waals surface area (Å²) in [5, 5.41) is 0. The predicted octanol–water partition coefficient (Wildman–Crippen LogP) is 1.65. The molecule has 1 saturated heterocycles. The van der Waals surface area contributed by atoms with Gasteiger partial charge < -0.3 is 9.16 Å². The van der Waals surface area contributed by atoms with E-state index in [0.29, 0.717) is 12.3 Å². The van der Waals surface area contributed by atoms with Gasteiger partial charge in [0, 0.05) is 6.61 Å². The highest BCUT2D eigenvalue weighted by atomic mass is 28.3. The summed E-state index contributed by atoms with van der Waals surface area (Å²) in [5.74, 6) is 0. The van der Waals surface area contributed by atoms with Crippen LogP contribution in [-0.2, 0) is 9.16 Å². The van der Waals surface area contributed by atoms with E-state index in [1.165, 1.54) is 18.9 Å². The summed E-state index contributed by atoms with van der Waals surface area (Å²) in [6.45, 7) is 7.38. The molecule has 2 unspecified atom stereocenters. The van der Waals surface area contributed by atoms with Crippen LogP contribution in [0.2, 0.25) is 6.04 Å². The topological polar surface area (TPSA) is 18.5 Å². The minimum atomic E-state index is -1.02. The molecule has 0 aromatic rings. The van der Waals surface area contributed by atoms with E-state index in [-0.39, 0.29) is 0 Å². The molecule has 0 aromatic heterocycles. The normalized spacial score (nSPS) is 26.6. The van der Waals surface area contributed by atoms with Crippen LogP contribution in [0.4, 0.5) is 0 Å². The lowest BCUT2D eigenvalue weighted by molar-refractivity contribution is 0.117. The van der Waals surface area contributed by atoms with Crippen LogP contribution in [-0.4, -0.2) is 28.0 Å². The van der Waals surface area contributed by atoms with Crippen LogP contribution in [0.1, 0.15) is 19.8 Å². The van der Waals surface area contributed by atoms with Crippen LogP contribution in [0.15, 0.2) is 12.7 Å². The molecule has 1 aliphatic rings. The van der Waals surface area contributed by atoms with Gasteiger partial charge in [0.05, 0.1) is 12.3 Å². The van der Waals surface area contributed by atoms with Crippen molar-refractivity contribution in [2.75, 3.05) is 13.2 Å². The van der Waals surface area contributed by atoms with Crippen LogP contribution in [0.5, 0.6) is 0 Å². The van der Waals surface area contributed by atoms with Crippen molar-refractivity contribution < 1.29 is 9.16 Å². The first-order chi connectivity index (χ1) is 5.84. The van der Waals surface area contributed by atoms with Gasteiger partial charge in [-0.05, 0) is 19.4 Å². The van der Waals surface area contributed by atoms with Gasteiger partial charge in [0.25, 0.3) is 0 Å². The lowest BCUT2D eigenvalue weighted by atomic mass is 10.4. The molecule has 70 valence electrons. The lowest BCUT2D eigenvalue weighted by Crippen LogP contribution is -2.36. The van der Waals surface area contributed by atoms with E-state index in [1.54, 1.807) is 6.08 Å². The molecule has 1 rings (SSSR count). The molecule has 0 radical (unpaired) electrons. The number of hydrogen-bond donors (Lipinski definition) is 0. The van der Waals surface area contributed by atoms with Crippen LogP contribution < -0.4 is 0 Å². The average molecular weight is 186 g/mol. The van der Waals surface area contributed by atoms with Crippen LogP contribution in [0.3, 0.4) is 0 Å². The Morgan fingerprint density at radius 2 is 2.50 bits per heavy atom. The van der Waals surface area contributed by atoms with E-state index >= 15 is 0 Å². The molecule has 2 atom stereocenters.